The maximum absolute atomic E-state index is 13.3. The van der Waals surface area contributed by atoms with Crippen LogP contribution in [0.4, 0.5) is 10.1 Å². The van der Waals surface area contributed by atoms with Crippen LogP contribution in [-0.2, 0) is 0 Å². The SMILES string of the molecule is COc1cc(F)ccc1N1CCCNC(C(C)C)C1. The number of hydrogen-bond acceptors (Lipinski definition) is 3. The second kappa shape index (κ2) is 6.24. The third kappa shape index (κ3) is 3.38. The minimum absolute atomic E-state index is 0.256. The van der Waals surface area contributed by atoms with E-state index in [-0.39, 0.29) is 5.82 Å². The molecule has 1 atom stereocenters. The summed E-state index contributed by atoms with van der Waals surface area (Å²) in [7, 11) is 1.59. The standard InChI is InChI=1S/C15H23FN2O/c1-11(2)13-10-18(8-4-7-17-13)14-6-5-12(16)9-15(14)19-3/h5-6,9,11,13,17H,4,7-8,10H2,1-3H3. The molecule has 3 nitrogen and oxygen atoms in total. The molecular formula is C15H23FN2O. The molecule has 106 valence electrons. The van der Waals surface area contributed by atoms with Crippen molar-refractivity contribution in [3.63, 3.8) is 0 Å². The van der Waals surface area contributed by atoms with E-state index in [2.05, 4.69) is 24.1 Å². The maximum atomic E-state index is 13.3. The maximum Gasteiger partial charge on any atom is 0.145 e. The Hall–Kier alpha value is -1.29. The lowest BCUT2D eigenvalue weighted by molar-refractivity contribution is 0.404. The average Bonchev–Trinajstić information content (AvgIpc) is 2.64. The van der Waals surface area contributed by atoms with Crippen LogP contribution in [0, 0.1) is 11.7 Å². The summed E-state index contributed by atoms with van der Waals surface area (Å²) in [6.45, 7) is 7.38. The first-order chi connectivity index (χ1) is 9.11. The third-order valence-corrected chi connectivity index (χ3v) is 3.72. The number of nitrogens with one attached hydrogen (secondary N) is 1. The molecule has 1 fully saturated rings. The molecule has 1 N–H and O–H groups in total. The molecule has 1 aliphatic heterocycles. The highest BCUT2D eigenvalue weighted by Gasteiger charge is 2.22. The van der Waals surface area contributed by atoms with Gasteiger partial charge in [-0.25, -0.2) is 4.39 Å². The van der Waals surface area contributed by atoms with Gasteiger partial charge in [0, 0.05) is 25.2 Å². The van der Waals surface area contributed by atoms with Crippen LogP contribution in [0.25, 0.3) is 0 Å². The normalized spacial score (nSPS) is 20.5. The van der Waals surface area contributed by atoms with Crippen LogP contribution < -0.4 is 15.0 Å². The molecule has 4 heteroatoms. The first-order valence-electron chi connectivity index (χ1n) is 6.93. The molecule has 1 unspecified atom stereocenters. The Morgan fingerprint density at radius 2 is 2.21 bits per heavy atom. The van der Waals surface area contributed by atoms with E-state index < -0.39 is 0 Å². The monoisotopic (exact) mass is 266 g/mol. The van der Waals surface area contributed by atoms with Gasteiger partial charge >= 0.3 is 0 Å². The van der Waals surface area contributed by atoms with Gasteiger partial charge in [-0.3, -0.25) is 0 Å². The van der Waals surface area contributed by atoms with Crippen LogP contribution >= 0.6 is 0 Å². The summed E-state index contributed by atoms with van der Waals surface area (Å²) >= 11 is 0. The van der Waals surface area contributed by atoms with Crippen LogP contribution in [-0.4, -0.2) is 32.8 Å². The molecule has 0 aromatic heterocycles. The van der Waals surface area contributed by atoms with E-state index in [0.717, 1.165) is 31.7 Å². The van der Waals surface area contributed by atoms with Gasteiger partial charge in [0.15, 0.2) is 0 Å². The summed E-state index contributed by atoms with van der Waals surface area (Å²) in [6, 6.07) is 5.23. The molecule has 0 bridgehead atoms. The number of nitrogens with zero attached hydrogens (tertiary/aromatic N) is 1. The van der Waals surface area contributed by atoms with Crippen molar-refractivity contribution < 1.29 is 9.13 Å². The van der Waals surface area contributed by atoms with Gasteiger partial charge in [0.2, 0.25) is 0 Å². The summed E-state index contributed by atoms with van der Waals surface area (Å²) in [5.74, 6) is 0.936. The van der Waals surface area contributed by atoms with E-state index in [0.29, 0.717) is 17.7 Å². The molecule has 2 rings (SSSR count). The Bertz CT molecular complexity index is 423. The van der Waals surface area contributed by atoms with E-state index in [9.17, 15) is 4.39 Å². The largest absolute Gasteiger partial charge is 0.494 e. The fraction of sp³-hybridized carbons (Fsp3) is 0.600. The van der Waals surface area contributed by atoms with Crippen molar-refractivity contribution in [2.24, 2.45) is 5.92 Å². The smallest absolute Gasteiger partial charge is 0.145 e. The van der Waals surface area contributed by atoms with Gasteiger partial charge in [-0.05, 0) is 31.0 Å². The summed E-state index contributed by atoms with van der Waals surface area (Å²) in [5, 5.41) is 3.57. The summed E-state index contributed by atoms with van der Waals surface area (Å²) in [4.78, 5) is 2.29. The fourth-order valence-electron chi connectivity index (χ4n) is 2.53. The summed E-state index contributed by atoms with van der Waals surface area (Å²) in [5.41, 5.74) is 0.984. The number of methoxy groups -OCH3 is 1. The molecule has 1 heterocycles. The lowest BCUT2D eigenvalue weighted by atomic mass is 10.0. The van der Waals surface area contributed by atoms with Crippen LogP contribution in [0.2, 0.25) is 0 Å². The Labute approximate surface area is 114 Å². The lowest BCUT2D eigenvalue weighted by Crippen LogP contribution is -2.41. The third-order valence-electron chi connectivity index (χ3n) is 3.72. The first-order valence-corrected chi connectivity index (χ1v) is 6.93. The quantitative estimate of drug-likeness (QED) is 0.910. The fourth-order valence-corrected chi connectivity index (χ4v) is 2.53. The van der Waals surface area contributed by atoms with Crippen LogP contribution in [0.5, 0.6) is 5.75 Å². The van der Waals surface area contributed by atoms with Crippen molar-refractivity contribution in [2.45, 2.75) is 26.3 Å². The van der Waals surface area contributed by atoms with Crippen molar-refractivity contribution in [1.82, 2.24) is 5.32 Å². The molecule has 0 radical (unpaired) electrons. The lowest BCUT2D eigenvalue weighted by Gasteiger charge is -2.29. The number of ether oxygens (including phenoxy) is 1. The van der Waals surface area contributed by atoms with Crippen LogP contribution in [0.1, 0.15) is 20.3 Å². The summed E-state index contributed by atoms with van der Waals surface area (Å²) in [6.07, 6.45) is 1.09. The Balaban J connectivity index is 2.23. The van der Waals surface area contributed by atoms with Gasteiger partial charge in [0.05, 0.1) is 12.8 Å². The van der Waals surface area contributed by atoms with Crippen molar-refractivity contribution >= 4 is 5.69 Å². The highest BCUT2D eigenvalue weighted by molar-refractivity contribution is 5.58. The number of benzene rings is 1. The highest BCUT2D eigenvalue weighted by Crippen LogP contribution is 2.30. The zero-order valence-corrected chi connectivity index (χ0v) is 11.9. The van der Waals surface area contributed by atoms with Gasteiger partial charge in [-0.2, -0.15) is 0 Å². The Morgan fingerprint density at radius 1 is 1.42 bits per heavy atom. The zero-order chi connectivity index (χ0) is 13.8. The van der Waals surface area contributed by atoms with Crippen LogP contribution in [0.3, 0.4) is 0 Å². The van der Waals surface area contributed by atoms with Gasteiger partial charge < -0.3 is 15.0 Å². The van der Waals surface area contributed by atoms with Gasteiger partial charge in [-0.1, -0.05) is 13.8 Å². The van der Waals surface area contributed by atoms with Gasteiger partial charge in [0.1, 0.15) is 11.6 Å². The minimum Gasteiger partial charge on any atom is -0.494 e. The Kier molecular flexibility index (Phi) is 4.64. The molecule has 1 saturated heterocycles. The van der Waals surface area contributed by atoms with Gasteiger partial charge in [-0.15, -0.1) is 0 Å². The van der Waals surface area contributed by atoms with Crippen molar-refractivity contribution in [1.29, 1.82) is 0 Å². The van der Waals surface area contributed by atoms with Crippen LogP contribution in [0.15, 0.2) is 18.2 Å². The molecular weight excluding hydrogens is 243 g/mol. The number of anilines is 1. The molecule has 19 heavy (non-hydrogen) atoms. The van der Waals surface area contributed by atoms with E-state index in [1.165, 1.54) is 12.1 Å². The topological polar surface area (TPSA) is 24.5 Å². The zero-order valence-electron chi connectivity index (χ0n) is 11.9. The summed E-state index contributed by atoms with van der Waals surface area (Å²) < 4.78 is 18.6. The Morgan fingerprint density at radius 3 is 2.89 bits per heavy atom. The highest BCUT2D eigenvalue weighted by atomic mass is 19.1. The molecule has 0 saturated carbocycles. The van der Waals surface area contributed by atoms with Crippen molar-refractivity contribution in [2.75, 3.05) is 31.6 Å². The van der Waals surface area contributed by atoms with E-state index in [4.69, 9.17) is 4.74 Å². The molecule has 1 aliphatic rings. The molecule has 1 aromatic carbocycles. The average molecular weight is 266 g/mol. The predicted molar refractivity (Wildman–Crippen MR) is 76.4 cm³/mol. The van der Waals surface area contributed by atoms with Crippen molar-refractivity contribution in [3.05, 3.63) is 24.0 Å². The predicted octanol–water partition coefficient (Wildman–Crippen LogP) is 2.66. The second-order valence-electron chi connectivity index (χ2n) is 5.42. The molecule has 0 spiro atoms. The number of rotatable bonds is 3. The molecule has 0 aliphatic carbocycles. The van der Waals surface area contributed by atoms with Gasteiger partial charge in [0.25, 0.3) is 0 Å². The van der Waals surface area contributed by atoms with E-state index in [1.54, 1.807) is 7.11 Å². The first kappa shape index (κ1) is 14.1. The second-order valence-corrected chi connectivity index (χ2v) is 5.42. The molecule has 1 aromatic rings. The number of halogens is 1. The van der Waals surface area contributed by atoms with Crippen molar-refractivity contribution in [3.8, 4) is 5.75 Å². The minimum atomic E-state index is -0.256. The molecule has 0 amide bonds. The number of hydrogen-bond donors (Lipinski definition) is 1. The van der Waals surface area contributed by atoms with E-state index in [1.807, 2.05) is 6.07 Å². The van der Waals surface area contributed by atoms with E-state index >= 15 is 0 Å².